The number of amides is 1. The maximum absolute atomic E-state index is 11.8. The van der Waals surface area contributed by atoms with Crippen LogP contribution in [0.3, 0.4) is 0 Å². The lowest BCUT2D eigenvalue weighted by atomic mass is 10.1. The molecule has 3 N–H and O–H groups in total. The minimum atomic E-state index is -0.395. The predicted octanol–water partition coefficient (Wildman–Crippen LogP) is 2.01. The Kier molecular flexibility index (Phi) is 6.32. The number of rotatable bonds is 6. The Morgan fingerprint density at radius 3 is 2.90 bits per heavy atom. The number of carbonyl (C=O) groups is 1. The summed E-state index contributed by atoms with van der Waals surface area (Å²) in [5.41, 5.74) is 5.17. The van der Waals surface area contributed by atoms with Gasteiger partial charge < -0.3 is 15.6 Å². The number of hydrogen-bond acceptors (Lipinski definition) is 6. The molecule has 0 bridgehead atoms. The van der Waals surface area contributed by atoms with Crippen molar-refractivity contribution in [3.8, 4) is 10.7 Å². The third-order valence-electron chi connectivity index (χ3n) is 2.76. The highest BCUT2D eigenvalue weighted by atomic mass is 35.5. The second-order valence-electron chi connectivity index (χ2n) is 5.13. The summed E-state index contributed by atoms with van der Waals surface area (Å²) in [6, 6.07) is 3.86. The first-order chi connectivity index (χ1) is 9.50. The first-order valence-electron chi connectivity index (χ1n) is 6.38. The van der Waals surface area contributed by atoms with E-state index in [1.165, 1.54) is 0 Å². The fourth-order valence-electron chi connectivity index (χ4n) is 1.57. The summed E-state index contributed by atoms with van der Waals surface area (Å²) in [6.45, 7) is 4.15. The quantitative estimate of drug-likeness (QED) is 0.845. The second-order valence-corrected chi connectivity index (χ2v) is 6.07. The van der Waals surface area contributed by atoms with E-state index in [4.69, 9.17) is 10.3 Å². The number of aromatic nitrogens is 2. The molecule has 0 saturated carbocycles. The van der Waals surface area contributed by atoms with Crippen molar-refractivity contribution in [2.24, 2.45) is 5.73 Å². The van der Waals surface area contributed by atoms with Gasteiger partial charge in [0.1, 0.15) is 0 Å². The van der Waals surface area contributed by atoms with Gasteiger partial charge in [0, 0.05) is 24.9 Å². The summed E-state index contributed by atoms with van der Waals surface area (Å²) in [7, 11) is 0. The molecule has 0 aromatic carbocycles. The standard InChI is InChI=1S/C13H18N4O2S.ClH/c1-13(2,8-14)16-10(18)5-6-11-15-12(17-19-11)9-4-3-7-20-9;/h3-4,7H,5-6,8,14H2,1-2H3,(H,16,18);1H. The smallest absolute Gasteiger partial charge is 0.227 e. The average molecular weight is 331 g/mol. The van der Waals surface area contributed by atoms with Crippen LogP contribution in [0.5, 0.6) is 0 Å². The highest BCUT2D eigenvalue weighted by molar-refractivity contribution is 7.13. The first-order valence-corrected chi connectivity index (χ1v) is 7.26. The Balaban J connectivity index is 0.00000220. The molecule has 2 aromatic heterocycles. The molecule has 2 heterocycles. The molecule has 2 rings (SSSR count). The number of nitrogens with zero attached hydrogens (tertiary/aromatic N) is 2. The lowest BCUT2D eigenvalue weighted by Crippen LogP contribution is -2.48. The highest BCUT2D eigenvalue weighted by Gasteiger charge is 2.18. The lowest BCUT2D eigenvalue weighted by molar-refractivity contribution is -0.122. The lowest BCUT2D eigenvalue weighted by Gasteiger charge is -2.23. The van der Waals surface area contributed by atoms with Crippen LogP contribution in [0.25, 0.3) is 10.7 Å². The van der Waals surface area contributed by atoms with E-state index in [1.54, 1.807) is 11.3 Å². The molecule has 0 atom stereocenters. The maximum atomic E-state index is 11.8. The van der Waals surface area contributed by atoms with Gasteiger partial charge in [-0.15, -0.1) is 23.7 Å². The molecule has 0 fully saturated rings. The number of thiophene rings is 1. The molecule has 8 heteroatoms. The summed E-state index contributed by atoms with van der Waals surface area (Å²) in [6.07, 6.45) is 0.723. The zero-order chi connectivity index (χ0) is 14.6. The van der Waals surface area contributed by atoms with Crippen LogP contribution in [0.4, 0.5) is 0 Å². The number of hydrogen-bond donors (Lipinski definition) is 2. The number of carbonyl (C=O) groups excluding carboxylic acids is 1. The fourth-order valence-corrected chi connectivity index (χ4v) is 2.22. The summed E-state index contributed by atoms with van der Waals surface area (Å²) in [5, 5.41) is 8.71. The number of aryl methyl sites for hydroxylation is 1. The van der Waals surface area contributed by atoms with Crippen LogP contribution in [-0.4, -0.2) is 28.1 Å². The molecule has 116 valence electrons. The van der Waals surface area contributed by atoms with E-state index in [1.807, 2.05) is 31.4 Å². The van der Waals surface area contributed by atoms with Gasteiger partial charge in [0.25, 0.3) is 0 Å². The monoisotopic (exact) mass is 330 g/mol. The number of nitrogens with two attached hydrogens (primary N) is 1. The minimum absolute atomic E-state index is 0. The molecule has 1 amide bonds. The van der Waals surface area contributed by atoms with Crippen LogP contribution in [0.2, 0.25) is 0 Å². The van der Waals surface area contributed by atoms with Gasteiger partial charge in [0.2, 0.25) is 17.6 Å². The van der Waals surface area contributed by atoms with E-state index in [0.717, 1.165) is 4.88 Å². The van der Waals surface area contributed by atoms with Gasteiger partial charge >= 0.3 is 0 Å². The van der Waals surface area contributed by atoms with Crippen LogP contribution >= 0.6 is 23.7 Å². The van der Waals surface area contributed by atoms with Crippen LogP contribution in [0, 0.1) is 0 Å². The van der Waals surface area contributed by atoms with Crippen molar-refractivity contribution < 1.29 is 9.32 Å². The SMILES string of the molecule is CC(C)(CN)NC(=O)CCc1nc(-c2cccs2)no1.Cl. The third-order valence-corrected chi connectivity index (χ3v) is 3.63. The third kappa shape index (κ3) is 5.11. The van der Waals surface area contributed by atoms with Crippen LogP contribution in [0.1, 0.15) is 26.2 Å². The van der Waals surface area contributed by atoms with Gasteiger partial charge in [-0.2, -0.15) is 4.98 Å². The van der Waals surface area contributed by atoms with Gasteiger partial charge in [0.05, 0.1) is 4.88 Å². The van der Waals surface area contributed by atoms with Crippen molar-refractivity contribution in [3.63, 3.8) is 0 Å². The van der Waals surface area contributed by atoms with Gasteiger partial charge in [-0.25, -0.2) is 0 Å². The normalized spacial score (nSPS) is 11.0. The molecule has 0 radical (unpaired) electrons. The minimum Gasteiger partial charge on any atom is -0.350 e. The van der Waals surface area contributed by atoms with Crippen molar-refractivity contribution in [3.05, 3.63) is 23.4 Å². The van der Waals surface area contributed by atoms with Crippen molar-refractivity contribution in [2.75, 3.05) is 6.54 Å². The molecule has 0 spiro atoms. The maximum Gasteiger partial charge on any atom is 0.227 e. The predicted molar refractivity (Wildman–Crippen MR) is 84.5 cm³/mol. The van der Waals surface area contributed by atoms with E-state index in [-0.39, 0.29) is 18.3 Å². The number of halogens is 1. The van der Waals surface area contributed by atoms with Crippen molar-refractivity contribution in [1.82, 2.24) is 15.5 Å². The summed E-state index contributed by atoms with van der Waals surface area (Å²) >= 11 is 1.55. The van der Waals surface area contributed by atoms with E-state index >= 15 is 0 Å². The second kappa shape index (κ2) is 7.53. The number of nitrogens with one attached hydrogen (secondary N) is 1. The van der Waals surface area contributed by atoms with Crippen molar-refractivity contribution in [2.45, 2.75) is 32.2 Å². The van der Waals surface area contributed by atoms with Gasteiger partial charge in [-0.1, -0.05) is 11.2 Å². The summed E-state index contributed by atoms with van der Waals surface area (Å²) in [5.74, 6) is 0.961. The molecule has 21 heavy (non-hydrogen) atoms. The molecule has 6 nitrogen and oxygen atoms in total. The molecule has 0 aliphatic carbocycles. The Hall–Kier alpha value is -1.44. The van der Waals surface area contributed by atoms with Crippen LogP contribution in [-0.2, 0) is 11.2 Å². The first kappa shape index (κ1) is 17.6. The van der Waals surface area contributed by atoms with E-state index in [9.17, 15) is 4.79 Å². The summed E-state index contributed by atoms with van der Waals surface area (Å²) in [4.78, 5) is 17.0. The molecular weight excluding hydrogens is 312 g/mol. The van der Waals surface area contributed by atoms with E-state index < -0.39 is 5.54 Å². The van der Waals surface area contributed by atoms with E-state index in [0.29, 0.717) is 31.1 Å². The van der Waals surface area contributed by atoms with E-state index in [2.05, 4.69) is 15.5 Å². The Labute approximate surface area is 133 Å². The fraction of sp³-hybridized carbons (Fsp3) is 0.462. The van der Waals surface area contributed by atoms with Crippen molar-refractivity contribution in [1.29, 1.82) is 0 Å². The molecular formula is C13H19ClN4O2S. The zero-order valence-corrected chi connectivity index (χ0v) is 13.6. The molecule has 0 aliphatic heterocycles. The van der Waals surface area contributed by atoms with Gasteiger partial charge in [-0.05, 0) is 25.3 Å². The van der Waals surface area contributed by atoms with Crippen molar-refractivity contribution >= 4 is 29.7 Å². The van der Waals surface area contributed by atoms with Gasteiger partial charge in [0.15, 0.2) is 0 Å². The Morgan fingerprint density at radius 1 is 1.52 bits per heavy atom. The van der Waals surface area contributed by atoms with Crippen LogP contribution < -0.4 is 11.1 Å². The largest absolute Gasteiger partial charge is 0.350 e. The Bertz CT molecular complexity index is 568. The van der Waals surface area contributed by atoms with Crippen LogP contribution in [0.15, 0.2) is 22.0 Å². The zero-order valence-electron chi connectivity index (χ0n) is 12.0. The molecule has 0 unspecified atom stereocenters. The van der Waals surface area contributed by atoms with Gasteiger partial charge in [-0.3, -0.25) is 4.79 Å². The average Bonchev–Trinajstić information content (AvgIpc) is 3.06. The topological polar surface area (TPSA) is 94.0 Å². The highest BCUT2D eigenvalue weighted by Crippen LogP contribution is 2.21. The Morgan fingerprint density at radius 2 is 2.29 bits per heavy atom. The molecule has 0 aliphatic rings. The molecule has 0 saturated heterocycles. The summed E-state index contributed by atoms with van der Waals surface area (Å²) < 4.78 is 5.14. The molecule has 2 aromatic rings.